The summed E-state index contributed by atoms with van der Waals surface area (Å²) in [7, 11) is -3.35. The van der Waals surface area contributed by atoms with Gasteiger partial charge >= 0.3 is 0 Å². The number of aromatic nitrogens is 2. The third-order valence-corrected chi connectivity index (χ3v) is 5.08. The smallest absolute Gasteiger partial charge is 0.238 e. The number of sulfonamides is 1. The van der Waals surface area contributed by atoms with Gasteiger partial charge in [-0.1, -0.05) is 6.07 Å². The fraction of sp³-hybridized carbons (Fsp3) is 0.429. The zero-order chi connectivity index (χ0) is 15.7. The number of carbonyl (C=O) groups excluding carboxylic acids is 1. The first-order valence-electron chi connectivity index (χ1n) is 7.12. The van der Waals surface area contributed by atoms with E-state index in [0.29, 0.717) is 19.4 Å². The number of rotatable bonds is 4. The van der Waals surface area contributed by atoms with Crippen LogP contribution in [0.2, 0.25) is 0 Å². The molecule has 0 spiro atoms. The lowest BCUT2D eigenvalue weighted by Crippen LogP contribution is -2.45. The Kier molecular flexibility index (Phi) is 3.88. The molecule has 1 atom stereocenters. The highest BCUT2D eigenvalue weighted by molar-refractivity contribution is 7.88. The van der Waals surface area contributed by atoms with Crippen LogP contribution in [0.15, 0.2) is 30.6 Å². The highest BCUT2D eigenvalue weighted by Gasteiger charge is 2.36. The lowest BCUT2D eigenvalue weighted by molar-refractivity contribution is -0.124. The van der Waals surface area contributed by atoms with Gasteiger partial charge in [0.05, 0.1) is 18.5 Å². The summed E-state index contributed by atoms with van der Waals surface area (Å²) in [6.45, 7) is 0.694. The van der Waals surface area contributed by atoms with Gasteiger partial charge in [0, 0.05) is 18.9 Å². The summed E-state index contributed by atoms with van der Waals surface area (Å²) in [4.78, 5) is 16.6. The summed E-state index contributed by atoms with van der Waals surface area (Å²) >= 11 is 0. The van der Waals surface area contributed by atoms with E-state index in [1.807, 2.05) is 35.0 Å². The van der Waals surface area contributed by atoms with E-state index >= 15 is 0 Å². The standard InChI is InChI=1S/C14H18N4O3S/c1-22(20,21)18-8-4-5-12(18)14(19)15-9-11-10-17-7-3-2-6-13(17)16-11/h2-3,6-7,10,12H,4-5,8-9H2,1H3,(H,15,19)/t12-/m0/s1. The Balaban J connectivity index is 1.67. The number of amides is 1. The molecule has 1 N–H and O–H groups in total. The van der Waals surface area contributed by atoms with E-state index in [2.05, 4.69) is 10.3 Å². The Morgan fingerprint density at radius 1 is 1.45 bits per heavy atom. The maximum atomic E-state index is 12.2. The predicted octanol–water partition coefficient (Wildman–Crippen LogP) is 0.375. The van der Waals surface area contributed by atoms with Crippen molar-refractivity contribution >= 4 is 21.6 Å². The summed E-state index contributed by atoms with van der Waals surface area (Å²) < 4.78 is 26.5. The molecule has 22 heavy (non-hydrogen) atoms. The molecule has 1 amide bonds. The molecule has 1 saturated heterocycles. The molecule has 118 valence electrons. The molecule has 3 heterocycles. The summed E-state index contributed by atoms with van der Waals surface area (Å²) in [5, 5.41) is 2.78. The van der Waals surface area contributed by atoms with Crippen molar-refractivity contribution in [2.24, 2.45) is 0 Å². The largest absolute Gasteiger partial charge is 0.349 e. The van der Waals surface area contributed by atoms with Crippen molar-refractivity contribution in [3.8, 4) is 0 Å². The second kappa shape index (κ2) is 5.69. The third-order valence-electron chi connectivity index (χ3n) is 3.79. The van der Waals surface area contributed by atoms with Gasteiger partial charge in [0.15, 0.2) is 0 Å². The molecule has 0 aliphatic carbocycles. The Morgan fingerprint density at radius 3 is 3.00 bits per heavy atom. The molecule has 0 bridgehead atoms. The number of nitrogens with zero attached hydrogens (tertiary/aromatic N) is 3. The van der Waals surface area contributed by atoms with E-state index in [1.165, 1.54) is 4.31 Å². The van der Waals surface area contributed by atoms with Gasteiger partial charge in [-0.05, 0) is 25.0 Å². The number of fused-ring (bicyclic) bond motifs is 1. The van der Waals surface area contributed by atoms with Gasteiger partial charge in [-0.3, -0.25) is 4.79 Å². The molecule has 3 rings (SSSR count). The molecule has 7 nitrogen and oxygen atoms in total. The number of nitrogens with one attached hydrogen (secondary N) is 1. The summed E-state index contributed by atoms with van der Waals surface area (Å²) in [6, 6.07) is 5.08. The minimum atomic E-state index is -3.35. The van der Waals surface area contributed by atoms with Crippen LogP contribution < -0.4 is 5.32 Å². The highest BCUT2D eigenvalue weighted by Crippen LogP contribution is 2.20. The predicted molar refractivity (Wildman–Crippen MR) is 81.6 cm³/mol. The molecule has 0 unspecified atom stereocenters. The lowest BCUT2D eigenvalue weighted by Gasteiger charge is -2.21. The molecule has 1 aliphatic rings. The second-order valence-electron chi connectivity index (χ2n) is 5.45. The minimum Gasteiger partial charge on any atom is -0.349 e. The molecule has 2 aromatic heterocycles. The van der Waals surface area contributed by atoms with E-state index < -0.39 is 16.1 Å². The third kappa shape index (κ3) is 2.97. The van der Waals surface area contributed by atoms with Crippen LogP contribution in [-0.4, -0.2) is 46.9 Å². The first-order valence-corrected chi connectivity index (χ1v) is 8.97. The Hall–Kier alpha value is -1.93. The van der Waals surface area contributed by atoms with Crippen LogP contribution in [0.25, 0.3) is 5.65 Å². The van der Waals surface area contributed by atoms with Crippen molar-refractivity contribution in [1.29, 1.82) is 0 Å². The summed E-state index contributed by atoms with van der Waals surface area (Å²) in [5.74, 6) is -0.264. The van der Waals surface area contributed by atoms with E-state index in [1.54, 1.807) is 0 Å². The molecule has 0 aromatic carbocycles. The topological polar surface area (TPSA) is 83.8 Å². The van der Waals surface area contributed by atoms with Gasteiger partial charge in [-0.15, -0.1) is 0 Å². The maximum Gasteiger partial charge on any atom is 0.238 e. The molecule has 0 radical (unpaired) electrons. The Labute approximate surface area is 129 Å². The van der Waals surface area contributed by atoms with Crippen LogP contribution in [0.3, 0.4) is 0 Å². The van der Waals surface area contributed by atoms with E-state index in [4.69, 9.17) is 0 Å². The van der Waals surface area contributed by atoms with Gasteiger partial charge in [-0.2, -0.15) is 4.31 Å². The molecular weight excluding hydrogens is 304 g/mol. The summed E-state index contributed by atoms with van der Waals surface area (Å²) in [5.41, 5.74) is 1.55. The SMILES string of the molecule is CS(=O)(=O)N1CCC[C@H]1C(=O)NCc1cn2ccccc2n1. The number of imidazole rings is 1. The Bertz CT molecular complexity index is 766. The highest BCUT2D eigenvalue weighted by atomic mass is 32.2. The molecule has 8 heteroatoms. The molecule has 1 fully saturated rings. The van der Waals surface area contributed by atoms with E-state index in [-0.39, 0.29) is 12.5 Å². The van der Waals surface area contributed by atoms with Gasteiger partial charge in [-0.25, -0.2) is 13.4 Å². The van der Waals surface area contributed by atoms with E-state index in [0.717, 1.165) is 17.6 Å². The average molecular weight is 322 g/mol. The second-order valence-corrected chi connectivity index (χ2v) is 7.38. The zero-order valence-electron chi connectivity index (χ0n) is 12.3. The monoisotopic (exact) mass is 322 g/mol. The minimum absolute atomic E-state index is 0.264. The summed E-state index contributed by atoms with van der Waals surface area (Å²) in [6.07, 6.45) is 6.14. The number of carbonyl (C=O) groups is 1. The van der Waals surface area contributed by atoms with Crippen LogP contribution in [0.4, 0.5) is 0 Å². The maximum absolute atomic E-state index is 12.2. The number of hydrogen-bond acceptors (Lipinski definition) is 4. The van der Waals surface area contributed by atoms with Crippen molar-refractivity contribution < 1.29 is 13.2 Å². The molecular formula is C14H18N4O3S. The van der Waals surface area contributed by atoms with Gasteiger partial charge < -0.3 is 9.72 Å². The normalized spacial score (nSPS) is 19.6. The van der Waals surface area contributed by atoms with Crippen LogP contribution in [0.5, 0.6) is 0 Å². The van der Waals surface area contributed by atoms with Crippen LogP contribution in [0.1, 0.15) is 18.5 Å². The first-order chi connectivity index (χ1) is 10.4. The van der Waals surface area contributed by atoms with Crippen molar-refractivity contribution in [3.63, 3.8) is 0 Å². The average Bonchev–Trinajstić information content (AvgIpc) is 3.10. The quantitative estimate of drug-likeness (QED) is 0.882. The van der Waals surface area contributed by atoms with Gasteiger partial charge in [0.2, 0.25) is 15.9 Å². The fourth-order valence-corrected chi connectivity index (χ4v) is 3.89. The van der Waals surface area contributed by atoms with Gasteiger partial charge in [0.1, 0.15) is 11.7 Å². The fourth-order valence-electron chi connectivity index (χ4n) is 2.77. The van der Waals surface area contributed by atoms with Crippen LogP contribution in [-0.2, 0) is 21.4 Å². The number of hydrogen-bond donors (Lipinski definition) is 1. The van der Waals surface area contributed by atoms with E-state index in [9.17, 15) is 13.2 Å². The zero-order valence-corrected chi connectivity index (χ0v) is 13.1. The van der Waals surface area contributed by atoms with Crippen LogP contribution in [0, 0.1) is 0 Å². The van der Waals surface area contributed by atoms with Crippen LogP contribution >= 0.6 is 0 Å². The number of pyridine rings is 1. The molecule has 1 aliphatic heterocycles. The lowest BCUT2D eigenvalue weighted by atomic mass is 10.2. The Morgan fingerprint density at radius 2 is 2.27 bits per heavy atom. The molecule has 0 saturated carbocycles. The van der Waals surface area contributed by atoms with Crippen molar-refractivity contribution in [1.82, 2.24) is 19.0 Å². The van der Waals surface area contributed by atoms with Crippen molar-refractivity contribution in [2.75, 3.05) is 12.8 Å². The van der Waals surface area contributed by atoms with Gasteiger partial charge in [0.25, 0.3) is 0 Å². The first kappa shape index (κ1) is 15.0. The molecule has 2 aromatic rings. The van der Waals surface area contributed by atoms with Crippen molar-refractivity contribution in [2.45, 2.75) is 25.4 Å². The van der Waals surface area contributed by atoms with Crippen molar-refractivity contribution in [3.05, 3.63) is 36.3 Å².